The molecule has 1 saturated heterocycles. The molecule has 1 fully saturated rings. The number of thiazole rings is 1. The largest absolute Gasteiger partial charge is 0.480 e. The van der Waals surface area contributed by atoms with E-state index in [-0.39, 0.29) is 6.04 Å². The molecule has 106 valence electrons. The van der Waals surface area contributed by atoms with E-state index in [4.69, 9.17) is 0 Å². The van der Waals surface area contributed by atoms with Crippen LogP contribution >= 0.6 is 11.3 Å². The lowest BCUT2D eigenvalue weighted by atomic mass is 10.1. The Bertz CT molecular complexity index is 433. The first-order valence-corrected chi connectivity index (χ1v) is 7.50. The maximum Gasteiger partial charge on any atom is 0.320 e. The van der Waals surface area contributed by atoms with Crippen LogP contribution in [-0.4, -0.2) is 53.2 Å². The number of anilines is 1. The second-order valence-electron chi connectivity index (χ2n) is 4.92. The average Bonchev–Trinajstić information content (AvgIpc) is 2.71. The van der Waals surface area contributed by atoms with Crippen LogP contribution in [0, 0.1) is 13.8 Å². The zero-order valence-corrected chi connectivity index (χ0v) is 12.5. The average molecular weight is 283 g/mol. The van der Waals surface area contributed by atoms with Gasteiger partial charge in [0.15, 0.2) is 5.13 Å². The van der Waals surface area contributed by atoms with E-state index in [1.54, 1.807) is 11.3 Å². The molecule has 19 heavy (non-hydrogen) atoms. The van der Waals surface area contributed by atoms with Gasteiger partial charge in [0.05, 0.1) is 5.69 Å². The van der Waals surface area contributed by atoms with Crippen molar-refractivity contribution in [2.45, 2.75) is 33.2 Å². The van der Waals surface area contributed by atoms with Gasteiger partial charge < -0.3 is 10.0 Å². The normalized spacial score (nSPS) is 18.6. The third-order valence-corrected chi connectivity index (χ3v) is 4.85. The lowest BCUT2D eigenvalue weighted by molar-refractivity contribution is -0.143. The molecule has 6 heteroatoms. The Kier molecular flexibility index (Phi) is 4.42. The summed E-state index contributed by atoms with van der Waals surface area (Å²) >= 11 is 1.72. The molecule has 1 N–H and O–H groups in total. The van der Waals surface area contributed by atoms with Gasteiger partial charge in [-0.3, -0.25) is 9.69 Å². The van der Waals surface area contributed by atoms with Crippen molar-refractivity contribution in [3.05, 3.63) is 10.6 Å². The summed E-state index contributed by atoms with van der Waals surface area (Å²) in [6.07, 6.45) is 0.658. The summed E-state index contributed by atoms with van der Waals surface area (Å²) in [5.41, 5.74) is 1.10. The van der Waals surface area contributed by atoms with E-state index < -0.39 is 5.97 Å². The van der Waals surface area contributed by atoms with Crippen molar-refractivity contribution < 1.29 is 9.90 Å². The van der Waals surface area contributed by atoms with Crippen molar-refractivity contribution in [1.82, 2.24) is 9.88 Å². The molecule has 1 aliphatic rings. The molecule has 2 rings (SSSR count). The van der Waals surface area contributed by atoms with Gasteiger partial charge >= 0.3 is 5.97 Å². The highest BCUT2D eigenvalue weighted by molar-refractivity contribution is 7.15. The molecule has 0 aliphatic carbocycles. The van der Waals surface area contributed by atoms with Crippen LogP contribution in [-0.2, 0) is 4.79 Å². The number of aryl methyl sites for hydroxylation is 2. The van der Waals surface area contributed by atoms with E-state index in [0.717, 1.165) is 37.0 Å². The summed E-state index contributed by atoms with van der Waals surface area (Å²) in [5, 5.41) is 10.3. The maximum atomic E-state index is 11.2. The smallest absolute Gasteiger partial charge is 0.320 e. The van der Waals surface area contributed by atoms with Crippen LogP contribution in [0.5, 0.6) is 0 Å². The SMILES string of the molecule is CCC(C(=O)O)N1CCN(c2nc(C)c(C)s2)CC1. The molecular weight excluding hydrogens is 262 g/mol. The molecular formula is C13H21N3O2S. The molecule has 0 spiro atoms. The topological polar surface area (TPSA) is 56.7 Å². The fraction of sp³-hybridized carbons (Fsp3) is 0.692. The molecule has 0 saturated carbocycles. The molecule has 1 aliphatic heterocycles. The van der Waals surface area contributed by atoms with Crippen molar-refractivity contribution >= 4 is 22.4 Å². The molecule has 5 nitrogen and oxygen atoms in total. The van der Waals surface area contributed by atoms with Gasteiger partial charge in [-0.15, -0.1) is 11.3 Å². The molecule has 2 heterocycles. The summed E-state index contributed by atoms with van der Waals surface area (Å²) in [7, 11) is 0. The van der Waals surface area contributed by atoms with Crippen LogP contribution in [0.25, 0.3) is 0 Å². The van der Waals surface area contributed by atoms with Crippen LogP contribution in [0.1, 0.15) is 23.9 Å². The molecule has 1 atom stereocenters. The highest BCUT2D eigenvalue weighted by Crippen LogP contribution is 2.26. The Morgan fingerprint density at radius 1 is 1.37 bits per heavy atom. The second-order valence-corrected chi connectivity index (χ2v) is 6.10. The van der Waals surface area contributed by atoms with Gasteiger partial charge in [-0.1, -0.05) is 6.92 Å². The lowest BCUT2D eigenvalue weighted by Crippen LogP contribution is -2.52. The van der Waals surface area contributed by atoms with Gasteiger partial charge in [0.25, 0.3) is 0 Å². The number of carbonyl (C=O) groups is 1. The predicted octanol–water partition coefficient (Wildman–Crippen LogP) is 1.75. The summed E-state index contributed by atoms with van der Waals surface area (Å²) in [6, 6.07) is -0.345. The van der Waals surface area contributed by atoms with Crippen molar-refractivity contribution in [2.75, 3.05) is 31.1 Å². The Hall–Kier alpha value is -1.14. The van der Waals surface area contributed by atoms with Gasteiger partial charge in [-0.25, -0.2) is 4.98 Å². The summed E-state index contributed by atoms with van der Waals surface area (Å²) in [5.74, 6) is -0.711. The van der Waals surface area contributed by atoms with Gasteiger partial charge in [0, 0.05) is 31.1 Å². The van der Waals surface area contributed by atoms with E-state index in [0.29, 0.717) is 6.42 Å². The van der Waals surface area contributed by atoms with Crippen LogP contribution in [0.2, 0.25) is 0 Å². The summed E-state index contributed by atoms with van der Waals surface area (Å²) in [6.45, 7) is 9.35. The van der Waals surface area contributed by atoms with Crippen LogP contribution < -0.4 is 4.90 Å². The Balaban J connectivity index is 1.97. The van der Waals surface area contributed by atoms with Crippen molar-refractivity contribution in [2.24, 2.45) is 0 Å². The van der Waals surface area contributed by atoms with Gasteiger partial charge in [-0.2, -0.15) is 0 Å². The van der Waals surface area contributed by atoms with Crippen LogP contribution in [0.4, 0.5) is 5.13 Å². The van der Waals surface area contributed by atoms with Crippen LogP contribution in [0.3, 0.4) is 0 Å². The number of rotatable bonds is 4. The maximum absolute atomic E-state index is 11.2. The zero-order valence-electron chi connectivity index (χ0n) is 11.7. The Morgan fingerprint density at radius 2 is 2.00 bits per heavy atom. The third-order valence-electron chi connectivity index (χ3n) is 3.71. The van der Waals surface area contributed by atoms with Gasteiger partial charge in [0.2, 0.25) is 0 Å². The van der Waals surface area contributed by atoms with Crippen molar-refractivity contribution in [3.8, 4) is 0 Å². The first kappa shape index (κ1) is 14.3. The number of nitrogens with zero attached hydrogens (tertiary/aromatic N) is 3. The molecule has 1 aromatic heterocycles. The number of hydrogen-bond donors (Lipinski definition) is 1. The van der Waals surface area contributed by atoms with E-state index in [1.807, 2.05) is 13.8 Å². The minimum absolute atomic E-state index is 0.345. The fourth-order valence-electron chi connectivity index (χ4n) is 2.40. The standard InChI is InChI=1S/C13H21N3O2S/c1-4-11(12(17)18)15-5-7-16(8-6-15)13-14-9(2)10(3)19-13/h11H,4-8H2,1-3H3,(H,17,18). The van der Waals surface area contributed by atoms with E-state index >= 15 is 0 Å². The summed E-state index contributed by atoms with van der Waals surface area (Å²) in [4.78, 5) is 21.3. The molecule has 0 radical (unpaired) electrons. The molecule has 0 bridgehead atoms. The highest BCUT2D eigenvalue weighted by Gasteiger charge is 2.28. The van der Waals surface area contributed by atoms with Crippen molar-refractivity contribution in [3.63, 3.8) is 0 Å². The first-order chi connectivity index (χ1) is 9.02. The minimum atomic E-state index is -0.711. The number of piperazine rings is 1. The quantitative estimate of drug-likeness (QED) is 0.912. The second kappa shape index (κ2) is 5.88. The molecule has 0 aromatic carbocycles. The fourth-order valence-corrected chi connectivity index (χ4v) is 3.37. The third kappa shape index (κ3) is 3.06. The monoisotopic (exact) mass is 283 g/mol. The number of carboxylic acid groups (broad SMARTS) is 1. The van der Waals surface area contributed by atoms with E-state index in [9.17, 15) is 9.90 Å². The summed E-state index contributed by atoms with van der Waals surface area (Å²) < 4.78 is 0. The van der Waals surface area contributed by atoms with Crippen molar-refractivity contribution in [1.29, 1.82) is 0 Å². The van der Waals surface area contributed by atoms with Gasteiger partial charge in [0.1, 0.15) is 6.04 Å². The molecule has 1 aromatic rings. The Morgan fingerprint density at radius 3 is 2.42 bits per heavy atom. The lowest BCUT2D eigenvalue weighted by Gasteiger charge is -2.37. The number of aliphatic carboxylic acids is 1. The molecule has 1 unspecified atom stereocenters. The Labute approximate surface area is 117 Å². The number of carboxylic acids is 1. The minimum Gasteiger partial charge on any atom is -0.480 e. The number of aromatic nitrogens is 1. The van der Waals surface area contributed by atoms with E-state index in [2.05, 4.69) is 21.7 Å². The van der Waals surface area contributed by atoms with Crippen LogP contribution in [0.15, 0.2) is 0 Å². The highest BCUT2D eigenvalue weighted by atomic mass is 32.1. The predicted molar refractivity (Wildman–Crippen MR) is 77.1 cm³/mol. The van der Waals surface area contributed by atoms with E-state index in [1.165, 1.54) is 4.88 Å². The number of hydrogen-bond acceptors (Lipinski definition) is 5. The molecule has 0 amide bonds. The first-order valence-electron chi connectivity index (χ1n) is 6.68. The zero-order chi connectivity index (χ0) is 14.0. The van der Waals surface area contributed by atoms with Gasteiger partial charge in [-0.05, 0) is 20.3 Å².